The molecule has 3 rings (SSSR count). The molecule has 1 aromatic carbocycles. The first-order valence-corrected chi connectivity index (χ1v) is 5.61. The van der Waals surface area contributed by atoms with E-state index < -0.39 is 0 Å². The van der Waals surface area contributed by atoms with Crippen LogP contribution >= 0.6 is 0 Å². The minimum Gasteiger partial charge on any atom is -0.392 e. The largest absolute Gasteiger partial charge is 0.392 e. The number of aliphatic hydroxyl groups is 1. The summed E-state index contributed by atoms with van der Waals surface area (Å²) in [6, 6.07) is 6.60. The van der Waals surface area contributed by atoms with Crippen molar-refractivity contribution in [2.75, 3.05) is 0 Å². The fourth-order valence-corrected chi connectivity index (χ4v) is 2.22. The Labute approximate surface area is 85.8 Å². The van der Waals surface area contributed by atoms with E-state index in [-0.39, 0.29) is 6.61 Å². The van der Waals surface area contributed by atoms with Gasteiger partial charge in [-0.1, -0.05) is 31.0 Å². The second-order valence-electron chi connectivity index (χ2n) is 4.18. The molecule has 0 aliphatic heterocycles. The minimum absolute atomic E-state index is 0.198. The maximum Gasteiger partial charge on any atom is 0.0684 e. The van der Waals surface area contributed by atoms with Gasteiger partial charge in [0, 0.05) is 0 Å². The van der Waals surface area contributed by atoms with Crippen molar-refractivity contribution < 1.29 is 5.11 Å². The molecule has 0 radical (unpaired) electrons. The predicted molar refractivity (Wildman–Crippen MR) is 58.2 cm³/mol. The molecule has 0 atom stereocenters. The van der Waals surface area contributed by atoms with Crippen molar-refractivity contribution in [3.8, 4) is 0 Å². The first-order chi connectivity index (χ1) is 6.90. The van der Waals surface area contributed by atoms with Crippen molar-refractivity contribution in [3.63, 3.8) is 0 Å². The highest BCUT2D eigenvalue weighted by molar-refractivity contribution is 5.32. The Hall–Kier alpha value is -0.820. The maximum atomic E-state index is 9.26. The van der Waals surface area contributed by atoms with Gasteiger partial charge in [-0.3, -0.25) is 0 Å². The lowest BCUT2D eigenvalue weighted by molar-refractivity contribution is 0.280. The van der Waals surface area contributed by atoms with E-state index in [2.05, 4.69) is 18.2 Å². The molecule has 76 valence electrons. The molecule has 0 saturated carbocycles. The number of hydrogen-bond acceptors (Lipinski definition) is 1. The van der Waals surface area contributed by atoms with Crippen molar-refractivity contribution in [3.05, 3.63) is 34.9 Å². The summed E-state index contributed by atoms with van der Waals surface area (Å²) in [6.07, 6.45) is 7.57. The second kappa shape index (κ2) is 4.61. The fourth-order valence-electron chi connectivity index (χ4n) is 2.22. The summed E-state index contributed by atoms with van der Waals surface area (Å²) in [5.41, 5.74) is 3.88. The Morgan fingerprint density at radius 2 is 1.79 bits per heavy atom. The predicted octanol–water partition coefficient (Wildman–Crippen LogP) is 2.84. The molecule has 0 unspecified atom stereocenters. The van der Waals surface area contributed by atoms with E-state index in [0.29, 0.717) is 0 Å². The third-order valence-corrected chi connectivity index (χ3v) is 3.10. The van der Waals surface area contributed by atoms with Gasteiger partial charge in [-0.25, -0.2) is 0 Å². The van der Waals surface area contributed by atoms with Gasteiger partial charge in [0.25, 0.3) is 0 Å². The normalized spacial score (nSPS) is 16.9. The summed E-state index contributed by atoms with van der Waals surface area (Å²) < 4.78 is 0. The van der Waals surface area contributed by atoms with Crippen molar-refractivity contribution in [1.29, 1.82) is 0 Å². The van der Waals surface area contributed by atoms with Crippen LogP contribution in [0.2, 0.25) is 0 Å². The van der Waals surface area contributed by atoms with Crippen LogP contribution in [0.15, 0.2) is 18.2 Å². The molecule has 2 bridgehead atoms. The van der Waals surface area contributed by atoms with E-state index >= 15 is 0 Å². The first-order valence-electron chi connectivity index (χ1n) is 5.61. The molecular weight excluding hydrogens is 172 g/mol. The maximum absolute atomic E-state index is 9.26. The standard InChI is InChI=1S/C13H18O/c14-10-13-9-11-5-3-1-2-4-6-12(13)8-7-11/h7-9,14H,1-6,10H2. The fraction of sp³-hybridized carbons (Fsp3) is 0.538. The SMILES string of the molecule is OCc1cc2ccc1CCCCCC2. The van der Waals surface area contributed by atoms with E-state index in [1.54, 1.807) is 0 Å². The summed E-state index contributed by atoms with van der Waals surface area (Å²) in [5, 5.41) is 9.26. The zero-order chi connectivity index (χ0) is 9.80. The Morgan fingerprint density at radius 1 is 1.00 bits per heavy atom. The minimum atomic E-state index is 0.198. The third-order valence-electron chi connectivity index (χ3n) is 3.10. The molecule has 1 heteroatoms. The molecule has 0 saturated heterocycles. The van der Waals surface area contributed by atoms with Gasteiger partial charge in [0.15, 0.2) is 0 Å². The number of aryl methyl sites for hydroxylation is 2. The Balaban J connectivity index is 2.30. The van der Waals surface area contributed by atoms with Crippen LogP contribution in [0, 0.1) is 0 Å². The quantitative estimate of drug-likeness (QED) is 0.722. The van der Waals surface area contributed by atoms with Gasteiger partial charge < -0.3 is 5.11 Å². The molecule has 2 aliphatic carbocycles. The monoisotopic (exact) mass is 190 g/mol. The van der Waals surface area contributed by atoms with E-state index in [4.69, 9.17) is 0 Å². The molecule has 2 aliphatic rings. The average molecular weight is 190 g/mol. The van der Waals surface area contributed by atoms with Gasteiger partial charge in [-0.2, -0.15) is 0 Å². The lowest BCUT2D eigenvalue weighted by atomic mass is 9.94. The van der Waals surface area contributed by atoms with Gasteiger partial charge in [-0.15, -0.1) is 0 Å². The lowest BCUT2D eigenvalue weighted by Gasteiger charge is -2.12. The number of hydrogen-bond donors (Lipinski definition) is 1. The van der Waals surface area contributed by atoms with E-state index in [0.717, 1.165) is 12.0 Å². The van der Waals surface area contributed by atoms with Gasteiger partial charge in [-0.05, 0) is 42.4 Å². The topological polar surface area (TPSA) is 20.2 Å². The van der Waals surface area contributed by atoms with E-state index in [1.807, 2.05) is 0 Å². The third kappa shape index (κ3) is 2.16. The van der Waals surface area contributed by atoms with E-state index in [1.165, 1.54) is 43.2 Å². The van der Waals surface area contributed by atoms with Gasteiger partial charge >= 0.3 is 0 Å². The number of fused-ring (bicyclic) bond motifs is 7. The van der Waals surface area contributed by atoms with Gasteiger partial charge in [0.05, 0.1) is 6.61 Å². The van der Waals surface area contributed by atoms with Gasteiger partial charge in [0.2, 0.25) is 0 Å². The van der Waals surface area contributed by atoms with Crippen molar-refractivity contribution >= 4 is 0 Å². The van der Waals surface area contributed by atoms with Gasteiger partial charge in [0.1, 0.15) is 0 Å². The number of benzene rings is 1. The highest BCUT2D eigenvalue weighted by Gasteiger charge is 2.05. The molecule has 14 heavy (non-hydrogen) atoms. The molecular formula is C13H18O. The molecule has 0 fully saturated rings. The van der Waals surface area contributed by atoms with Crippen molar-refractivity contribution in [2.24, 2.45) is 0 Å². The Kier molecular flexibility index (Phi) is 3.20. The molecule has 0 heterocycles. The van der Waals surface area contributed by atoms with Crippen LogP contribution in [0.3, 0.4) is 0 Å². The molecule has 0 amide bonds. The zero-order valence-corrected chi connectivity index (χ0v) is 8.63. The number of aliphatic hydroxyl groups excluding tert-OH is 1. The van der Waals surface area contributed by atoms with Crippen molar-refractivity contribution in [1.82, 2.24) is 0 Å². The molecule has 1 nitrogen and oxygen atoms in total. The summed E-state index contributed by atoms with van der Waals surface area (Å²) in [7, 11) is 0. The first kappa shape index (κ1) is 9.72. The van der Waals surface area contributed by atoms with Crippen LogP contribution in [0.5, 0.6) is 0 Å². The van der Waals surface area contributed by atoms with Crippen LogP contribution in [0.25, 0.3) is 0 Å². The van der Waals surface area contributed by atoms with Crippen LogP contribution in [0.4, 0.5) is 0 Å². The molecule has 0 aromatic heterocycles. The summed E-state index contributed by atoms with van der Waals surface area (Å²) >= 11 is 0. The van der Waals surface area contributed by atoms with Crippen LogP contribution in [0.1, 0.15) is 42.4 Å². The van der Waals surface area contributed by atoms with Crippen LogP contribution < -0.4 is 0 Å². The molecule has 1 aromatic rings. The smallest absolute Gasteiger partial charge is 0.0684 e. The zero-order valence-electron chi connectivity index (χ0n) is 8.63. The summed E-state index contributed by atoms with van der Waals surface area (Å²) in [5.74, 6) is 0. The average Bonchev–Trinajstić information content (AvgIpc) is 2.26. The Morgan fingerprint density at radius 3 is 2.57 bits per heavy atom. The molecule has 0 spiro atoms. The van der Waals surface area contributed by atoms with E-state index in [9.17, 15) is 5.11 Å². The second-order valence-corrected chi connectivity index (χ2v) is 4.18. The number of rotatable bonds is 1. The Bertz CT molecular complexity index is 304. The summed E-state index contributed by atoms with van der Waals surface area (Å²) in [4.78, 5) is 0. The van der Waals surface area contributed by atoms with Crippen LogP contribution in [-0.4, -0.2) is 5.11 Å². The molecule has 1 N–H and O–H groups in total. The van der Waals surface area contributed by atoms with Crippen molar-refractivity contribution in [2.45, 2.75) is 45.1 Å². The van der Waals surface area contributed by atoms with Crippen LogP contribution in [-0.2, 0) is 19.4 Å². The lowest BCUT2D eigenvalue weighted by Crippen LogP contribution is -1.99. The summed E-state index contributed by atoms with van der Waals surface area (Å²) in [6.45, 7) is 0.198. The highest BCUT2D eigenvalue weighted by Crippen LogP contribution is 2.19. The highest BCUT2D eigenvalue weighted by atomic mass is 16.3.